The Morgan fingerprint density at radius 1 is 1.07 bits per heavy atom. The lowest BCUT2D eigenvalue weighted by Crippen LogP contribution is -2.48. The summed E-state index contributed by atoms with van der Waals surface area (Å²) >= 11 is 3.30. The smallest absolute Gasteiger partial charge is 0.294 e. The van der Waals surface area contributed by atoms with E-state index in [9.17, 15) is 28.9 Å². The van der Waals surface area contributed by atoms with E-state index in [4.69, 9.17) is 4.74 Å². The van der Waals surface area contributed by atoms with Crippen LogP contribution < -0.4 is 16.0 Å². The molecule has 0 unspecified atom stereocenters. The van der Waals surface area contributed by atoms with Gasteiger partial charge in [-0.1, -0.05) is 15.9 Å². The Morgan fingerprint density at radius 2 is 1.80 bits per heavy atom. The SMILES string of the molecule is CNc1cncc(C(=O)N2C[C@H](Nc3c(C(=O)N4C[C@@H](C)O[C@@H](C)C4)cc(Br)cc3[N+](=O)[O-])C[C@H]2C(=O)Nc2ccnc(F)c2)c1. The van der Waals surface area contributed by atoms with Crippen molar-refractivity contribution in [3.8, 4) is 0 Å². The number of hydrogen-bond acceptors (Lipinski definition) is 10. The monoisotopic (exact) mass is 698 g/mol. The van der Waals surface area contributed by atoms with Crippen molar-refractivity contribution >= 4 is 56.4 Å². The summed E-state index contributed by atoms with van der Waals surface area (Å²) in [5.74, 6) is -2.33. The number of hydrogen-bond donors (Lipinski definition) is 3. The largest absolute Gasteiger partial charge is 0.387 e. The average molecular weight is 700 g/mol. The molecule has 2 aliphatic heterocycles. The molecule has 2 aromatic heterocycles. The number of aromatic nitrogens is 2. The van der Waals surface area contributed by atoms with Gasteiger partial charge < -0.3 is 30.5 Å². The zero-order chi connectivity index (χ0) is 33.1. The summed E-state index contributed by atoms with van der Waals surface area (Å²) in [4.78, 5) is 63.4. The van der Waals surface area contributed by atoms with Crippen LogP contribution >= 0.6 is 15.9 Å². The van der Waals surface area contributed by atoms with E-state index in [1.54, 1.807) is 18.0 Å². The Kier molecular flexibility index (Phi) is 9.76. The van der Waals surface area contributed by atoms with Crippen LogP contribution in [-0.4, -0.2) is 93.4 Å². The van der Waals surface area contributed by atoms with Crippen LogP contribution in [-0.2, 0) is 9.53 Å². The minimum absolute atomic E-state index is 0.0246. The van der Waals surface area contributed by atoms with E-state index in [1.165, 1.54) is 41.7 Å². The molecule has 46 heavy (non-hydrogen) atoms. The van der Waals surface area contributed by atoms with Crippen LogP contribution in [0, 0.1) is 16.1 Å². The van der Waals surface area contributed by atoms with Gasteiger partial charge in [0.2, 0.25) is 11.9 Å². The van der Waals surface area contributed by atoms with Crippen LogP contribution in [0.2, 0.25) is 0 Å². The summed E-state index contributed by atoms with van der Waals surface area (Å²) in [5, 5.41) is 20.9. The molecular weight excluding hydrogens is 667 g/mol. The van der Waals surface area contributed by atoms with Gasteiger partial charge in [-0.25, -0.2) is 4.98 Å². The first kappa shape index (κ1) is 32.7. The third-order valence-electron chi connectivity index (χ3n) is 7.70. The van der Waals surface area contributed by atoms with Crippen LogP contribution in [0.25, 0.3) is 0 Å². The molecule has 4 atom stereocenters. The lowest BCUT2D eigenvalue weighted by molar-refractivity contribution is -0.384. The number of rotatable bonds is 8. The number of benzene rings is 1. The number of anilines is 3. The summed E-state index contributed by atoms with van der Waals surface area (Å²) in [5.41, 5.74) is 0.612. The van der Waals surface area contributed by atoms with Gasteiger partial charge in [-0.2, -0.15) is 4.39 Å². The first-order valence-corrected chi connectivity index (χ1v) is 15.3. The topological polar surface area (TPSA) is 172 Å². The first-order chi connectivity index (χ1) is 21.9. The zero-order valence-corrected chi connectivity index (χ0v) is 26.8. The van der Waals surface area contributed by atoms with Crippen molar-refractivity contribution in [1.82, 2.24) is 19.8 Å². The molecular formula is C30H32BrFN8O6. The van der Waals surface area contributed by atoms with Gasteiger partial charge >= 0.3 is 0 Å². The molecule has 2 fully saturated rings. The number of pyridine rings is 2. The summed E-state index contributed by atoms with van der Waals surface area (Å²) in [6, 6.07) is 5.09. The lowest BCUT2D eigenvalue weighted by Gasteiger charge is -2.35. The molecule has 5 rings (SSSR count). The minimum atomic E-state index is -1.06. The van der Waals surface area contributed by atoms with E-state index in [2.05, 4.69) is 41.8 Å². The van der Waals surface area contributed by atoms with Crippen molar-refractivity contribution < 1.29 is 28.4 Å². The number of carbonyl (C=O) groups excluding carboxylic acids is 3. The fourth-order valence-electron chi connectivity index (χ4n) is 5.75. The molecule has 1 aromatic carbocycles. The molecule has 0 saturated carbocycles. The number of ether oxygens (including phenoxy) is 1. The minimum Gasteiger partial charge on any atom is -0.387 e. The number of nitro groups is 1. The molecule has 3 N–H and O–H groups in total. The second kappa shape index (κ2) is 13.7. The van der Waals surface area contributed by atoms with E-state index in [0.29, 0.717) is 23.2 Å². The van der Waals surface area contributed by atoms with E-state index < -0.39 is 40.7 Å². The van der Waals surface area contributed by atoms with Crippen LogP contribution in [0.3, 0.4) is 0 Å². The van der Waals surface area contributed by atoms with E-state index in [-0.39, 0.29) is 53.4 Å². The molecule has 0 spiro atoms. The second-order valence-electron chi connectivity index (χ2n) is 11.2. The highest BCUT2D eigenvalue weighted by Gasteiger charge is 2.42. The van der Waals surface area contributed by atoms with Crippen molar-refractivity contribution in [1.29, 1.82) is 0 Å². The summed E-state index contributed by atoms with van der Waals surface area (Å²) in [7, 11) is 1.67. The number of carbonyl (C=O) groups is 3. The molecule has 242 valence electrons. The predicted octanol–water partition coefficient (Wildman–Crippen LogP) is 3.91. The Labute approximate surface area is 272 Å². The van der Waals surface area contributed by atoms with Gasteiger partial charge in [-0.05, 0) is 38.5 Å². The van der Waals surface area contributed by atoms with E-state index in [1.807, 2.05) is 13.8 Å². The van der Waals surface area contributed by atoms with Crippen LogP contribution in [0.4, 0.5) is 27.1 Å². The normalized spacial score (nSPS) is 21.1. The number of nitrogens with zero attached hydrogens (tertiary/aromatic N) is 5. The van der Waals surface area contributed by atoms with Gasteiger partial charge in [0.25, 0.3) is 17.5 Å². The number of nitrogens with one attached hydrogen (secondary N) is 3. The van der Waals surface area contributed by atoms with Crippen molar-refractivity contribution in [2.45, 2.75) is 44.6 Å². The second-order valence-corrected chi connectivity index (χ2v) is 12.1. The summed E-state index contributed by atoms with van der Waals surface area (Å²) in [6.45, 7) is 4.24. The maximum absolute atomic E-state index is 13.8. The molecule has 14 nitrogen and oxygen atoms in total. The Bertz CT molecular complexity index is 1670. The van der Waals surface area contributed by atoms with Gasteiger partial charge in [0.05, 0.1) is 33.9 Å². The highest BCUT2D eigenvalue weighted by atomic mass is 79.9. The quantitative estimate of drug-likeness (QED) is 0.178. The third kappa shape index (κ3) is 7.23. The fraction of sp³-hybridized carbons (Fsp3) is 0.367. The highest BCUT2D eigenvalue weighted by molar-refractivity contribution is 9.10. The van der Waals surface area contributed by atoms with Crippen molar-refractivity contribution in [2.75, 3.05) is 42.6 Å². The average Bonchev–Trinajstić information content (AvgIpc) is 3.44. The third-order valence-corrected chi connectivity index (χ3v) is 8.16. The standard InChI is InChI=1S/C30H32BrFN8O6/c1-16-13-38(14-17(2)46-16)30(43)23-7-19(31)8-24(40(44)45)27(23)36-22-9-25(28(41)37-20-4-5-35-26(32)10-20)39(15-22)29(42)18-6-21(33-3)12-34-11-18/h4-8,10-12,16-17,22,25,33,36H,9,13-15H2,1-3H3,(H,35,37,41)/t16-,17+,22-,25+/m1/s1. The predicted molar refractivity (Wildman–Crippen MR) is 170 cm³/mol. The van der Waals surface area contributed by atoms with E-state index in [0.717, 1.165) is 6.07 Å². The van der Waals surface area contributed by atoms with Gasteiger partial charge in [0.1, 0.15) is 11.7 Å². The molecule has 4 heterocycles. The van der Waals surface area contributed by atoms with Gasteiger partial charge in [0.15, 0.2) is 0 Å². The number of likely N-dealkylation sites (tertiary alicyclic amines) is 1. The fourth-order valence-corrected chi connectivity index (χ4v) is 6.20. The molecule has 16 heteroatoms. The van der Waals surface area contributed by atoms with Gasteiger partial charge in [-0.3, -0.25) is 29.5 Å². The maximum Gasteiger partial charge on any atom is 0.294 e. The first-order valence-electron chi connectivity index (χ1n) is 14.5. The molecule has 2 saturated heterocycles. The molecule has 0 bridgehead atoms. The molecule has 0 aliphatic carbocycles. The van der Waals surface area contributed by atoms with E-state index >= 15 is 0 Å². The number of nitro benzene ring substituents is 1. The Hall–Kier alpha value is -4.70. The van der Waals surface area contributed by atoms with Gasteiger partial charge in [0, 0.05) is 73.6 Å². The summed E-state index contributed by atoms with van der Waals surface area (Å²) < 4.78 is 19.9. The zero-order valence-electron chi connectivity index (χ0n) is 25.2. The number of halogens is 2. The van der Waals surface area contributed by atoms with Crippen molar-refractivity contribution in [3.63, 3.8) is 0 Å². The van der Waals surface area contributed by atoms with Crippen LogP contribution in [0.5, 0.6) is 0 Å². The lowest BCUT2D eigenvalue weighted by atomic mass is 10.1. The van der Waals surface area contributed by atoms with Crippen LogP contribution in [0.15, 0.2) is 53.4 Å². The Morgan fingerprint density at radius 3 is 2.48 bits per heavy atom. The molecule has 0 radical (unpaired) electrons. The van der Waals surface area contributed by atoms with Crippen molar-refractivity contribution in [2.24, 2.45) is 0 Å². The van der Waals surface area contributed by atoms with Crippen molar-refractivity contribution in [3.05, 3.63) is 80.6 Å². The van der Waals surface area contributed by atoms with Crippen LogP contribution in [0.1, 0.15) is 41.0 Å². The molecule has 2 aliphatic rings. The molecule has 3 amide bonds. The van der Waals surface area contributed by atoms with Gasteiger partial charge in [-0.15, -0.1) is 0 Å². The number of morpholine rings is 1. The Balaban J connectivity index is 1.49. The highest BCUT2D eigenvalue weighted by Crippen LogP contribution is 2.36. The molecule has 3 aromatic rings. The number of amides is 3. The summed E-state index contributed by atoms with van der Waals surface area (Å²) in [6.07, 6.45) is 3.67. The maximum atomic E-state index is 13.8.